The summed E-state index contributed by atoms with van der Waals surface area (Å²) >= 11 is 0. The molecular weight excluding hydrogens is 366 g/mol. The van der Waals surface area contributed by atoms with Crippen LogP contribution in [-0.4, -0.2) is 75.3 Å². The van der Waals surface area contributed by atoms with Crippen LogP contribution >= 0.6 is 0 Å². The van der Waals surface area contributed by atoms with Crippen molar-refractivity contribution in [2.24, 2.45) is 0 Å². The summed E-state index contributed by atoms with van der Waals surface area (Å²) in [5.41, 5.74) is 4.44. The Morgan fingerprint density at radius 1 is 1.10 bits per heavy atom. The molecule has 5 rings (SSSR count). The third-order valence-electron chi connectivity index (χ3n) is 5.68. The smallest absolute Gasteiger partial charge is 0.259 e. The number of likely N-dealkylation sites (N-methyl/N-ethyl adjacent to an activating group) is 1. The lowest BCUT2D eigenvalue weighted by Gasteiger charge is -2.23. The summed E-state index contributed by atoms with van der Waals surface area (Å²) < 4.78 is 1.98. The van der Waals surface area contributed by atoms with Crippen molar-refractivity contribution >= 4 is 39.3 Å². The largest absolute Gasteiger partial charge is 0.387 e. The second kappa shape index (κ2) is 6.97. The van der Waals surface area contributed by atoms with Crippen molar-refractivity contribution in [3.63, 3.8) is 0 Å². The maximum atomic E-state index is 13.7. The van der Waals surface area contributed by atoms with Crippen LogP contribution in [0.15, 0.2) is 36.8 Å². The number of rotatable bonds is 2. The zero-order chi connectivity index (χ0) is 20.0. The summed E-state index contributed by atoms with van der Waals surface area (Å²) in [5, 5.41) is 4.03. The Labute approximate surface area is 168 Å². The Morgan fingerprint density at radius 3 is 2.83 bits per heavy atom. The van der Waals surface area contributed by atoms with Crippen LogP contribution in [0.5, 0.6) is 0 Å². The second-order valence-electron chi connectivity index (χ2n) is 7.47. The first-order valence-corrected chi connectivity index (χ1v) is 9.87. The van der Waals surface area contributed by atoms with Crippen LogP contribution < -0.4 is 5.32 Å². The van der Waals surface area contributed by atoms with Crippen molar-refractivity contribution in [1.82, 2.24) is 29.2 Å². The molecular formula is C21H23N7O. The molecule has 0 radical (unpaired) electrons. The fourth-order valence-electron chi connectivity index (χ4n) is 4.20. The Morgan fingerprint density at radius 2 is 1.97 bits per heavy atom. The fourth-order valence-corrected chi connectivity index (χ4v) is 4.20. The number of fused-ring (bicyclic) bond motifs is 5. The minimum Gasteiger partial charge on any atom is -0.387 e. The van der Waals surface area contributed by atoms with Crippen LogP contribution in [0.1, 0.15) is 16.8 Å². The Hall–Kier alpha value is -3.26. The molecule has 4 heterocycles. The molecule has 29 heavy (non-hydrogen) atoms. The number of nitrogens with one attached hydrogen (secondary N) is 1. The normalized spacial score (nSPS) is 15.9. The summed E-state index contributed by atoms with van der Waals surface area (Å²) in [6.45, 7) is 3.30. The molecule has 1 N–H and O–H groups in total. The van der Waals surface area contributed by atoms with E-state index in [2.05, 4.69) is 27.2 Å². The summed E-state index contributed by atoms with van der Waals surface area (Å²) in [5.74, 6) is -0.00397. The number of pyridine rings is 1. The average molecular weight is 389 g/mol. The van der Waals surface area contributed by atoms with Crippen LogP contribution in [0, 0.1) is 0 Å². The van der Waals surface area contributed by atoms with Gasteiger partial charge in [0.05, 0.1) is 22.1 Å². The molecule has 3 aromatic heterocycles. The van der Waals surface area contributed by atoms with Gasteiger partial charge in [0.15, 0.2) is 11.3 Å². The van der Waals surface area contributed by atoms with Crippen molar-refractivity contribution in [3.8, 4) is 0 Å². The zero-order valence-electron chi connectivity index (χ0n) is 16.6. The summed E-state index contributed by atoms with van der Waals surface area (Å²) in [4.78, 5) is 31.5. The van der Waals surface area contributed by atoms with Crippen LogP contribution in [-0.2, 0) is 0 Å². The molecule has 1 amide bonds. The van der Waals surface area contributed by atoms with Gasteiger partial charge in [-0.25, -0.2) is 15.0 Å². The molecule has 1 fully saturated rings. The maximum absolute atomic E-state index is 13.7. The first kappa shape index (κ1) is 17.8. The number of carbonyl (C=O) groups excluding carboxylic acids is 1. The lowest BCUT2D eigenvalue weighted by atomic mass is 10.1. The Balaban J connectivity index is 1.82. The molecule has 0 atom stereocenters. The number of nitrogens with zero attached hydrogens (tertiary/aromatic N) is 6. The number of aromatic nitrogens is 4. The van der Waals surface area contributed by atoms with Crippen LogP contribution in [0.4, 0.5) is 5.69 Å². The van der Waals surface area contributed by atoms with E-state index in [4.69, 9.17) is 4.98 Å². The van der Waals surface area contributed by atoms with Gasteiger partial charge in [0.2, 0.25) is 0 Å². The van der Waals surface area contributed by atoms with Gasteiger partial charge in [-0.3, -0.25) is 9.20 Å². The summed E-state index contributed by atoms with van der Waals surface area (Å²) in [6, 6.07) is 7.90. The number of carbonyl (C=O) groups is 1. The van der Waals surface area contributed by atoms with E-state index < -0.39 is 0 Å². The van der Waals surface area contributed by atoms with E-state index in [-0.39, 0.29) is 5.91 Å². The minimum absolute atomic E-state index is 0.00397. The van der Waals surface area contributed by atoms with Crippen LogP contribution in [0.25, 0.3) is 27.7 Å². The molecule has 8 nitrogen and oxygen atoms in total. The topological polar surface area (TPSA) is 78.7 Å². The van der Waals surface area contributed by atoms with Gasteiger partial charge in [-0.2, -0.15) is 0 Å². The van der Waals surface area contributed by atoms with Gasteiger partial charge < -0.3 is 15.1 Å². The number of benzene rings is 1. The van der Waals surface area contributed by atoms with E-state index in [1.54, 1.807) is 6.20 Å². The first-order valence-electron chi connectivity index (χ1n) is 9.87. The van der Waals surface area contributed by atoms with Crippen molar-refractivity contribution < 1.29 is 4.79 Å². The van der Waals surface area contributed by atoms with E-state index in [0.29, 0.717) is 17.8 Å². The monoisotopic (exact) mass is 389 g/mol. The molecule has 148 valence electrons. The molecule has 8 heteroatoms. The maximum Gasteiger partial charge on any atom is 0.259 e. The van der Waals surface area contributed by atoms with Crippen molar-refractivity contribution in [3.05, 3.63) is 42.4 Å². The van der Waals surface area contributed by atoms with Crippen LogP contribution in [0.2, 0.25) is 0 Å². The van der Waals surface area contributed by atoms with E-state index >= 15 is 0 Å². The summed E-state index contributed by atoms with van der Waals surface area (Å²) in [6.07, 6.45) is 4.25. The molecule has 1 aliphatic heterocycles. The van der Waals surface area contributed by atoms with Gasteiger partial charge >= 0.3 is 0 Å². The fraction of sp³-hybridized carbons (Fsp3) is 0.333. The van der Waals surface area contributed by atoms with E-state index in [1.807, 2.05) is 40.6 Å². The number of hydrogen-bond acceptors (Lipinski definition) is 6. The van der Waals surface area contributed by atoms with Gasteiger partial charge in [0, 0.05) is 32.9 Å². The van der Waals surface area contributed by atoms with Crippen molar-refractivity contribution in [2.75, 3.05) is 45.6 Å². The molecule has 1 saturated heterocycles. The quantitative estimate of drug-likeness (QED) is 0.567. The number of hydrogen-bond donors (Lipinski definition) is 1. The number of para-hydroxylation sites is 2. The zero-order valence-corrected chi connectivity index (χ0v) is 16.6. The molecule has 4 aromatic rings. The highest BCUT2D eigenvalue weighted by Gasteiger charge is 2.27. The number of anilines is 1. The lowest BCUT2D eigenvalue weighted by molar-refractivity contribution is 0.0765. The van der Waals surface area contributed by atoms with Crippen molar-refractivity contribution in [2.45, 2.75) is 6.42 Å². The van der Waals surface area contributed by atoms with Gasteiger partial charge in [0.1, 0.15) is 11.9 Å². The average Bonchev–Trinajstić information content (AvgIpc) is 3.00. The standard InChI is InChI=1S/C21H23N7O/c1-22-18-14-12-23-13-24-19(14)28-16-7-4-3-6-15(16)25-20(28)17(18)21(29)27-9-5-8-26(2)10-11-27/h3-4,6-7,12-13,22H,5,8-11H2,1-2H3. The lowest BCUT2D eigenvalue weighted by Crippen LogP contribution is -2.35. The molecule has 0 bridgehead atoms. The van der Waals surface area contributed by atoms with Crippen LogP contribution in [0.3, 0.4) is 0 Å². The van der Waals surface area contributed by atoms with Gasteiger partial charge in [0.25, 0.3) is 5.91 Å². The minimum atomic E-state index is -0.00397. The van der Waals surface area contributed by atoms with Gasteiger partial charge in [-0.05, 0) is 32.1 Å². The number of amides is 1. The molecule has 1 aromatic carbocycles. The molecule has 1 aliphatic rings. The SMILES string of the molecule is CNc1c(C(=O)N2CCCN(C)CC2)c2nc3ccccc3n2c2ncncc12. The Bertz CT molecular complexity index is 1230. The molecule has 0 unspecified atom stereocenters. The van der Waals surface area contributed by atoms with E-state index in [0.717, 1.165) is 53.8 Å². The van der Waals surface area contributed by atoms with E-state index in [9.17, 15) is 4.79 Å². The highest BCUT2D eigenvalue weighted by Crippen LogP contribution is 2.33. The Kier molecular flexibility index (Phi) is 4.28. The molecule has 0 saturated carbocycles. The first-order chi connectivity index (χ1) is 14.2. The molecule has 0 spiro atoms. The molecule has 0 aliphatic carbocycles. The predicted octanol–water partition coefficient (Wildman–Crippen LogP) is 2.25. The highest BCUT2D eigenvalue weighted by atomic mass is 16.2. The number of imidazole rings is 1. The highest BCUT2D eigenvalue weighted by molar-refractivity contribution is 6.13. The van der Waals surface area contributed by atoms with Gasteiger partial charge in [-0.1, -0.05) is 12.1 Å². The van der Waals surface area contributed by atoms with Crippen molar-refractivity contribution in [1.29, 1.82) is 0 Å². The summed E-state index contributed by atoms with van der Waals surface area (Å²) in [7, 11) is 3.92. The third kappa shape index (κ3) is 2.79. The van der Waals surface area contributed by atoms with E-state index in [1.165, 1.54) is 6.33 Å². The van der Waals surface area contributed by atoms with Gasteiger partial charge in [-0.15, -0.1) is 0 Å². The second-order valence-corrected chi connectivity index (χ2v) is 7.47. The predicted molar refractivity (Wildman–Crippen MR) is 113 cm³/mol. The third-order valence-corrected chi connectivity index (χ3v) is 5.68.